The van der Waals surface area contributed by atoms with E-state index in [1.165, 1.54) is 10.4 Å². The van der Waals surface area contributed by atoms with Crippen molar-refractivity contribution in [3.63, 3.8) is 0 Å². The standard InChI is InChI=1S/C22H27NO4S2/c1-12-11-28-21(23-12)20-16-8-7-13(27-2)9-18(16)29-19(20)10-17(24)14-5-3-4-6-15(14)22(25)26/h11,13-15H,3-10H2,1-2H3,(H,25,26). The van der Waals surface area contributed by atoms with E-state index in [1.54, 1.807) is 29.8 Å². The van der Waals surface area contributed by atoms with E-state index in [0.29, 0.717) is 19.3 Å². The fourth-order valence-electron chi connectivity index (χ4n) is 4.76. The van der Waals surface area contributed by atoms with Crippen LogP contribution in [0.3, 0.4) is 0 Å². The summed E-state index contributed by atoms with van der Waals surface area (Å²) < 4.78 is 5.59. The van der Waals surface area contributed by atoms with E-state index in [2.05, 4.69) is 0 Å². The second-order valence-corrected chi connectivity index (χ2v) is 10.2. The van der Waals surface area contributed by atoms with Crippen molar-refractivity contribution in [3.05, 3.63) is 26.4 Å². The number of aliphatic carboxylic acids is 1. The van der Waals surface area contributed by atoms with Crippen LogP contribution in [0.2, 0.25) is 0 Å². The molecule has 0 spiro atoms. The van der Waals surface area contributed by atoms with Crippen LogP contribution >= 0.6 is 22.7 Å². The number of carbonyl (C=O) groups excluding carboxylic acids is 1. The summed E-state index contributed by atoms with van der Waals surface area (Å²) in [6.45, 7) is 1.99. The van der Waals surface area contributed by atoms with Crippen LogP contribution < -0.4 is 0 Å². The number of aryl methyl sites for hydroxylation is 1. The molecule has 3 unspecified atom stereocenters. The number of rotatable bonds is 6. The van der Waals surface area contributed by atoms with Gasteiger partial charge in [-0.25, -0.2) is 4.98 Å². The topological polar surface area (TPSA) is 76.5 Å². The Morgan fingerprint density at radius 2 is 2.00 bits per heavy atom. The van der Waals surface area contributed by atoms with Crippen molar-refractivity contribution < 1.29 is 19.4 Å². The summed E-state index contributed by atoms with van der Waals surface area (Å²) in [7, 11) is 1.76. The molecule has 5 nitrogen and oxygen atoms in total. The summed E-state index contributed by atoms with van der Waals surface area (Å²) in [5, 5.41) is 12.6. The predicted octanol–water partition coefficient (Wildman–Crippen LogP) is 4.69. The quantitative estimate of drug-likeness (QED) is 0.715. The van der Waals surface area contributed by atoms with Crippen LogP contribution in [-0.4, -0.2) is 35.1 Å². The van der Waals surface area contributed by atoms with Crippen LogP contribution in [0.15, 0.2) is 5.38 Å². The van der Waals surface area contributed by atoms with Gasteiger partial charge < -0.3 is 9.84 Å². The van der Waals surface area contributed by atoms with Crippen molar-refractivity contribution >= 4 is 34.4 Å². The van der Waals surface area contributed by atoms with Gasteiger partial charge in [0.1, 0.15) is 10.8 Å². The maximum Gasteiger partial charge on any atom is 0.307 e. The average molecular weight is 434 g/mol. The molecule has 1 saturated carbocycles. The minimum absolute atomic E-state index is 0.0773. The van der Waals surface area contributed by atoms with E-state index in [0.717, 1.165) is 53.2 Å². The summed E-state index contributed by atoms with van der Waals surface area (Å²) >= 11 is 3.33. The number of hydrogen-bond acceptors (Lipinski definition) is 6. The zero-order valence-corrected chi connectivity index (χ0v) is 18.5. The molecule has 2 aromatic rings. The van der Waals surface area contributed by atoms with Gasteiger partial charge in [0.25, 0.3) is 0 Å². The number of aromatic nitrogens is 1. The summed E-state index contributed by atoms with van der Waals surface area (Å²) in [4.78, 5) is 31.9. The second-order valence-electron chi connectivity index (χ2n) is 8.18. The van der Waals surface area contributed by atoms with E-state index in [9.17, 15) is 14.7 Å². The first-order chi connectivity index (χ1) is 14.0. The Morgan fingerprint density at radius 3 is 2.66 bits per heavy atom. The highest BCUT2D eigenvalue weighted by Crippen LogP contribution is 2.43. The molecule has 29 heavy (non-hydrogen) atoms. The Kier molecular flexibility index (Phi) is 6.18. The summed E-state index contributed by atoms with van der Waals surface area (Å²) in [5.41, 5.74) is 3.44. The number of hydrogen-bond donors (Lipinski definition) is 1. The molecule has 0 bridgehead atoms. The fraction of sp³-hybridized carbons (Fsp3) is 0.591. The van der Waals surface area contributed by atoms with Crippen LogP contribution in [0.1, 0.15) is 53.1 Å². The number of fused-ring (bicyclic) bond motifs is 1. The van der Waals surface area contributed by atoms with E-state index in [1.807, 2.05) is 12.3 Å². The van der Waals surface area contributed by atoms with Crippen LogP contribution in [0.5, 0.6) is 0 Å². The normalized spacial score (nSPS) is 24.3. The van der Waals surface area contributed by atoms with Crippen molar-refractivity contribution in [1.82, 2.24) is 4.98 Å². The van der Waals surface area contributed by atoms with E-state index in [-0.39, 0.29) is 17.8 Å². The first-order valence-corrected chi connectivity index (χ1v) is 12.0. The lowest BCUT2D eigenvalue weighted by molar-refractivity contribution is -0.148. The Hall–Kier alpha value is -1.57. The monoisotopic (exact) mass is 433 g/mol. The zero-order chi connectivity index (χ0) is 20.5. The number of carboxylic acid groups (broad SMARTS) is 1. The summed E-state index contributed by atoms with van der Waals surface area (Å²) in [5.74, 6) is -1.65. The highest BCUT2D eigenvalue weighted by molar-refractivity contribution is 7.15. The molecule has 0 saturated heterocycles. The van der Waals surface area contributed by atoms with Gasteiger partial charge in [0.15, 0.2) is 0 Å². The van der Waals surface area contributed by atoms with Gasteiger partial charge in [-0.15, -0.1) is 22.7 Å². The minimum atomic E-state index is -0.827. The van der Waals surface area contributed by atoms with Gasteiger partial charge in [0.2, 0.25) is 0 Å². The summed E-state index contributed by atoms with van der Waals surface area (Å²) in [6, 6.07) is 0. The molecular formula is C22H27NO4S2. The van der Waals surface area contributed by atoms with E-state index in [4.69, 9.17) is 9.72 Å². The molecule has 0 radical (unpaired) electrons. The molecule has 1 N–H and O–H groups in total. The predicted molar refractivity (Wildman–Crippen MR) is 115 cm³/mol. The fourth-order valence-corrected chi connectivity index (χ4v) is 7.15. The molecule has 0 amide bonds. The number of thiazole rings is 1. The number of thiophene rings is 1. The Labute approximate surface area is 179 Å². The first kappa shape index (κ1) is 20.7. The van der Waals surface area contributed by atoms with Crippen molar-refractivity contribution in [2.75, 3.05) is 7.11 Å². The number of methoxy groups -OCH3 is 1. The zero-order valence-electron chi connectivity index (χ0n) is 16.9. The van der Waals surface area contributed by atoms with Crippen molar-refractivity contribution in [2.24, 2.45) is 11.8 Å². The lowest BCUT2D eigenvalue weighted by Gasteiger charge is -2.27. The third kappa shape index (κ3) is 4.18. The molecule has 2 aliphatic rings. The molecule has 3 atom stereocenters. The van der Waals surface area contributed by atoms with Crippen molar-refractivity contribution in [3.8, 4) is 10.6 Å². The third-order valence-corrected chi connectivity index (χ3v) is 8.52. The Bertz CT molecular complexity index is 916. The van der Waals surface area contributed by atoms with Gasteiger partial charge in [0.05, 0.1) is 12.0 Å². The van der Waals surface area contributed by atoms with Crippen LogP contribution in [0.4, 0.5) is 0 Å². The molecule has 0 aromatic carbocycles. The number of nitrogens with zero attached hydrogens (tertiary/aromatic N) is 1. The lowest BCUT2D eigenvalue weighted by atomic mass is 9.76. The lowest BCUT2D eigenvalue weighted by Crippen LogP contribution is -2.33. The smallest absolute Gasteiger partial charge is 0.307 e. The van der Waals surface area contributed by atoms with E-state index >= 15 is 0 Å². The first-order valence-electron chi connectivity index (χ1n) is 10.3. The van der Waals surface area contributed by atoms with Crippen LogP contribution in [0.25, 0.3) is 10.6 Å². The maximum atomic E-state index is 13.2. The SMILES string of the molecule is COC1CCc2c(sc(CC(=O)C3CCCCC3C(=O)O)c2-c2nc(C)cs2)C1. The second kappa shape index (κ2) is 8.66. The molecule has 2 aliphatic carbocycles. The molecule has 7 heteroatoms. The molecule has 1 fully saturated rings. The van der Waals surface area contributed by atoms with Crippen molar-refractivity contribution in [1.29, 1.82) is 0 Å². The molecule has 2 heterocycles. The highest BCUT2D eigenvalue weighted by Gasteiger charge is 2.36. The number of carboxylic acids is 1. The molecular weight excluding hydrogens is 406 g/mol. The largest absolute Gasteiger partial charge is 0.481 e. The number of carbonyl (C=O) groups is 2. The highest BCUT2D eigenvalue weighted by atomic mass is 32.1. The van der Waals surface area contributed by atoms with Crippen LogP contribution in [0, 0.1) is 18.8 Å². The maximum absolute atomic E-state index is 13.2. The average Bonchev–Trinajstić information content (AvgIpc) is 3.29. The molecule has 2 aromatic heterocycles. The molecule has 0 aliphatic heterocycles. The Morgan fingerprint density at radius 1 is 1.24 bits per heavy atom. The van der Waals surface area contributed by atoms with Gasteiger partial charge in [-0.1, -0.05) is 12.8 Å². The van der Waals surface area contributed by atoms with Gasteiger partial charge >= 0.3 is 5.97 Å². The number of ether oxygens (including phenoxy) is 1. The Balaban J connectivity index is 1.67. The van der Waals surface area contributed by atoms with Crippen molar-refractivity contribution in [2.45, 2.75) is 64.4 Å². The number of Topliss-reactive ketones (excluding diaryl/α,β-unsaturated/α-hetero) is 1. The van der Waals surface area contributed by atoms with Gasteiger partial charge in [-0.2, -0.15) is 0 Å². The van der Waals surface area contributed by atoms with Gasteiger partial charge in [-0.05, 0) is 38.2 Å². The molecule has 4 rings (SSSR count). The van der Waals surface area contributed by atoms with Gasteiger partial charge in [0, 0.05) is 52.3 Å². The van der Waals surface area contributed by atoms with E-state index < -0.39 is 11.9 Å². The third-order valence-electron chi connectivity index (χ3n) is 6.29. The number of ketones is 1. The minimum Gasteiger partial charge on any atom is -0.481 e. The van der Waals surface area contributed by atoms with Gasteiger partial charge in [-0.3, -0.25) is 9.59 Å². The molecule has 156 valence electrons. The summed E-state index contributed by atoms with van der Waals surface area (Å²) in [6.07, 6.45) is 6.48. The van der Waals surface area contributed by atoms with Crippen LogP contribution in [-0.2, 0) is 33.6 Å².